The molecule has 2 aliphatic carbocycles. The summed E-state index contributed by atoms with van der Waals surface area (Å²) in [5.74, 6) is 1.87. The lowest BCUT2D eigenvalue weighted by Gasteiger charge is -2.19. The van der Waals surface area contributed by atoms with Crippen LogP contribution in [0.25, 0.3) is 0 Å². The summed E-state index contributed by atoms with van der Waals surface area (Å²) in [5.41, 5.74) is 0.850. The van der Waals surface area contributed by atoms with Gasteiger partial charge < -0.3 is 9.88 Å². The van der Waals surface area contributed by atoms with Crippen LogP contribution in [-0.2, 0) is 11.8 Å². The van der Waals surface area contributed by atoms with Crippen molar-refractivity contribution in [2.24, 2.45) is 24.8 Å². The lowest BCUT2D eigenvalue weighted by Crippen LogP contribution is -2.33. The first kappa shape index (κ1) is 15.4. The van der Waals surface area contributed by atoms with Gasteiger partial charge in [0.1, 0.15) is 17.7 Å². The lowest BCUT2D eigenvalue weighted by molar-refractivity contribution is -0.123. The molecule has 2 saturated carbocycles. The van der Waals surface area contributed by atoms with Gasteiger partial charge in [-0.3, -0.25) is 4.79 Å². The Morgan fingerprint density at radius 1 is 1.25 bits per heavy atom. The number of imidazole rings is 1. The van der Waals surface area contributed by atoms with E-state index in [-0.39, 0.29) is 23.7 Å². The number of hydrogen-bond acceptors (Lipinski definition) is 2. The van der Waals surface area contributed by atoms with Gasteiger partial charge in [0.2, 0.25) is 5.91 Å². The van der Waals surface area contributed by atoms with E-state index in [2.05, 4.69) is 10.3 Å². The highest BCUT2D eigenvalue weighted by molar-refractivity contribution is 5.83. The highest BCUT2D eigenvalue weighted by Gasteiger charge is 2.55. The Morgan fingerprint density at radius 3 is 2.50 bits per heavy atom. The van der Waals surface area contributed by atoms with E-state index < -0.39 is 0 Å². The van der Waals surface area contributed by atoms with Crippen LogP contribution in [-0.4, -0.2) is 15.5 Å². The zero-order valence-electron chi connectivity index (χ0n) is 13.8. The Balaban J connectivity index is 1.58. The number of aryl methyl sites for hydroxylation is 1. The second-order valence-corrected chi connectivity index (χ2v) is 7.03. The maximum absolute atomic E-state index is 13.3. The third-order valence-corrected chi connectivity index (χ3v) is 5.57. The number of carbonyl (C=O) groups excluding carboxylic acids is 1. The first-order valence-corrected chi connectivity index (χ1v) is 8.68. The second kappa shape index (κ2) is 6.04. The van der Waals surface area contributed by atoms with Crippen molar-refractivity contribution in [3.63, 3.8) is 0 Å². The van der Waals surface area contributed by atoms with Crippen LogP contribution >= 0.6 is 0 Å². The van der Waals surface area contributed by atoms with Crippen molar-refractivity contribution in [1.29, 1.82) is 0 Å². The van der Waals surface area contributed by atoms with Crippen LogP contribution in [0.2, 0.25) is 0 Å². The molecule has 1 N–H and O–H groups in total. The molecule has 1 unspecified atom stereocenters. The van der Waals surface area contributed by atoms with Crippen LogP contribution in [0.1, 0.15) is 43.1 Å². The van der Waals surface area contributed by atoms with E-state index in [1.54, 1.807) is 18.3 Å². The number of fused-ring (bicyclic) bond motifs is 1. The van der Waals surface area contributed by atoms with Crippen molar-refractivity contribution in [1.82, 2.24) is 14.9 Å². The van der Waals surface area contributed by atoms with E-state index in [1.165, 1.54) is 37.8 Å². The minimum Gasteiger partial charge on any atom is -0.342 e. The molecule has 24 heavy (non-hydrogen) atoms. The van der Waals surface area contributed by atoms with Gasteiger partial charge in [-0.15, -0.1) is 0 Å². The summed E-state index contributed by atoms with van der Waals surface area (Å²) < 4.78 is 15.2. The number of amides is 1. The number of nitrogens with zero attached hydrogens (tertiary/aromatic N) is 2. The Morgan fingerprint density at radius 2 is 1.92 bits per heavy atom. The first-order chi connectivity index (χ1) is 11.6. The molecule has 2 aliphatic rings. The molecule has 1 amide bonds. The molecule has 2 fully saturated rings. The Bertz CT molecular complexity index is 727. The highest BCUT2D eigenvalue weighted by Crippen LogP contribution is 2.55. The first-order valence-electron chi connectivity index (χ1n) is 8.68. The van der Waals surface area contributed by atoms with Crippen molar-refractivity contribution in [3.8, 4) is 0 Å². The average Bonchev–Trinajstić information content (AvgIpc) is 3.18. The maximum Gasteiger partial charge on any atom is 0.224 e. The normalized spacial score (nSPS) is 26.5. The fourth-order valence-corrected chi connectivity index (χ4v) is 4.23. The van der Waals surface area contributed by atoms with Crippen LogP contribution in [0.15, 0.2) is 36.7 Å². The number of carbonyl (C=O) groups is 1. The number of hydrogen-bond donors (Lipinski definition) is 1. The number of nitrogens with one attached hydrogen (secondary N) is 1. The SMILES string of the molecule is Cn1ccnc1[C@@H](NC(=O)C1[C@H]2CCCC[C@@H]12)c1ccc(F)cc1. The van der Waals surface area contributed by atoms with Crippen molar-refractivity contribution < 1.29 is 9.18 Å². The average molecular weight is 327 g/mol. The van der Waals surface area contributed by atoms with E-state index in [0.717, 1.165) is 11.4 Å². The van der Waals surface area contributed by atoms with Crippen LogP contribution in [0.3, 0.4) is 0 Å². The Kier molecular flexibility index (Phi) is 3.87. The molecule has 0 aliphatic heterocycles. The molecule has 1 heterocycles. The number of benzene rings is 1. The largest absolute Gasteiger partial charge is 0.342 e. The van der Waals surface area contributed by atoms with Crippen molar-refractivity contribution in [2.45, 2.75) is 31.7 Å². The van der Waals surface area contributed by atoms with Gasteiger partial charge in [0.05, 0.1) is 0 Å². The van der Waals surface area contributed by atoms with Crippen molar-refractivity contribution >= 4 is 5.91 Å². The fraction of sp³-hybridized carbons (Fsp3) is 0.474. The standard InChI is InChI=1S/C19H22FN3O/c1-23-11-10-21-18(23)17(12-6-8-13(20)9-7-12)22-19(24)16-14-4-2-3-5-15(14)16/h6-11,14-17H,2-5H2,1H3,(H,22,24)/t14-,15+,16?,17-/m0/s1. The molecule has 1 aromatic heterocycles. The Labute approximate surface area is 141 Å². The third kappa shape index (κ3) is 2.72. The molecular weight excluding hydrogens is 305 g/mol. The minimum absolute atomic E-state index is 0.115. The molecule has 4 atom stereocenters. The van der Waals surface area contributed by atoms with Gasteiger partial charge in [0.25, 0.3) is 0 Å². The molecule has 4 nitrogen and oxygen atoms in total. The van der Waals surface area contributed by atoms with Gasteiger partial charge in [-0.25, -0.2) is 9.37 Å². The predicted molar refractivity (Wildman–Crippen MR) is 88.5 cm³/mol. The van der Waals surface area contributed by atoms with Gasteiger partial charge >= 0.3 is 0 Å². The van der Waals surface area contributed by atoms with Gasteiger partial charge in [0, 0.05) is 25.4 Å². The molecule has 4 rings (SSSR count). The van der Waals surface area contributed by atoms with E-state index in [0.29, 0.717) is 11.8 Å². The van der Waals surface area contributed by atoms with Crippen LogP contribution in [0, 0.1) is 23.6 Å². The van der Waals surface area contributed by atoms with E-state index in [9.17, 15) is 9.18 Å². The van der Waals surface area contributed by atoms with Gasteiger partial charge in [-0.1, -0.05) is 25.0 Å². The molecule has 0 saturated heterocycles. The minimum atomic E-state index is -0.347. The van der Waals surface area contributed by atoms with Gasteiger partial charge in [-0.2, -0.15) is 0 Å². The van der Waals surface area contributed by atoms with Gasteiger partial charge in [-0.05, 0) is 42.4 Å². The molecule has 0 spiro atoms. The fourth-order valence-electron chi connectivity index (χ4n) is 4.23. The van der Waals surface area contributed by atoms with Crippen LogP contribution < -0.4 is 5.32 Å². The lowest BCUT2D eigenvalue weighted by atomic mass is 10.0. The summed E-state index contributed by atoms with van der Waals surface area (Å²) >= 11 is 0. The molecular formula is C19H22FN3O. The van der Waals surface area contributed by atoms with E-state index in [1.807, 2.05) is 17.8 Å². The Hall–Kier alpha value is -2.17. The zero-order chi connectivity index (χ0) is 16.7. The highest BCUT2D eigenvalue weighted by atomic mass is 19.1. The summed E-state index contributed by atoms with van der Waals surface area (Å²) in [7, 11) is 1.90. The summed E-state index contributed by atoms with van der Waals surface area (Å²) in [4.78, 5) is 17.2. The third-order valence-electron chi connectivity index (χ3n) is 5.57. The molecule has 5 heteroatoms. The van der Waals surface area contributed by atoms with Crippen LogP contribution in [0.4, 0.5) is 4.39 Å². The smallest absolute Gasteiger partial charge is 0.224 e. The molecule has 1 aromatic carbocycles. The molecule has 0 bridgehead atoms. The maximum atomic E-state index is 13.3. The zero-order valence-corrected chi connectivity index (χ0v) is 13.8. The summed E-state index contributed by atoms with van der Waals surface area (Å²) in [6.07, 6.45) is 8.40. The predicted octanol–water partition coefficient (Wildman–Crippen LogP) is 3.20. The number of halogens is 1. The second-order valence-electron chi connectivity index (χ2n) is 7.03. The van der Waals surface area contributed by atoms with Gasteiger partial charge in [0.15, 0.2) is 0 Å². The van der Waals surface area contributed by atoms with Crippen molar-refractivity contribution in [2.75, 3.05) is 0 Å². The summed E-state index contributed by atoms with van der Waals surface area (Å²) in [5, 5.41) is 3.17. The molecule has 2 aromatic rings. The summed E-state index contributed by atoms with van der Waals surface area (Å²) in [6, 6.07) is 5.94. The number of rotatable bonds is 4. The van der Waals surface area contributed by atoms with E-state index >= 15 is 0 Å². The summed E-state index contributed by atoms with van der Waals surface area (Å²) in [6.45, 7) is 0. The topological polar surface area (TPSA) is 46.9 Å². The number of aromatic nitrogens is 2. The van der Waals surface area contributed by atoms with Crippen LogP contribution in [0.5, 0.6) is 0 Å². The monoisotopic (exact) mass is 327 g/mol. The molecule has 126 valence electrons. The van der Waals surface area contributed by atoms with Crippen molar-refractivity contribution in [3.05, 3.63) is 53.9 Å². The molecule has 0 radical (unpaired) electrons. The van der Waals surface area contributed by atoms with E-state index in [4.69, 9.17) is 0 Å². The quantitative estimate of drug-likeness (QED) is 0.937.